The van der Waals surface area contributed by atoms with Crippen molar-refractivity contribution < 1.29 is 4.79 Å². The van der Waals surface area contributed by atoms with Crippen molar-refractivity contribution >= 4 is 34.7 Å². The summed E-state index contributed by atoms with van der Waals surface area (Å²) < 4.78 is 0. The van der Waals surface area contributed by atoms with Gasteiger partial charge in [0.15, 0.2) is 0 Å². The number of hydrogen-bond acceptors (Lipinski definition) is 4. The SMILES string of the molecule is CN1CCN(c2ccc(NC(=O)/C=C/c3ccsc3)cc2)CC1. The van der Waals surface area contributed by atoms with Gasteiger partial charge in [-0.1, -0.05) is 0 Å². The number of amides is 1. The lowest BCUT2D eigenvalue weighted by molar-refractivity contribution is -0.111. The zero-order chi connectivity index (χ0) is 16.1. The molecule has 2 heterocycles. The Kier molecular flexibility index (Phi) is 5.10. The number of carbonyl (C=O) groups excluding carboxylic acids is 1. The van der Waals surface area contributed by atoms with Crippen LogP contribution in [0.2, 0.25) is 0 Å². The Labute approximate surface area is 141 Å². The van der Waals surface area contributed by atoms with Gasteiger partial charge in [-0.3, -0.25) is 4.79 Å². The van der Waals surface area contributed by atoms with Gasteiger partial charge in [0, 0.05) is 43.6 Å². The summed E-state index contributed by atoms with van der Waals surface area (Å²) in [5.74, 6) is -0.108. The zero-order valence-corrected chi connectivity index (χ0v) is 14.1. The topological polar surface area (TPSA) is 35.6 Å². The predicted molar refractivity (Wildman–Crippen MR) is 98.1 cm³/mol. The molecule has 4 nitrogen and oxygen atoms in total. The molecule has 1 aromatic heterocycles. The molecule has 2 aromatic rings. The largest absolute Gasteiger partial charge is 0.369 e. The van der Waals surface area contributed by atoms with Gasteiger partial charge in [-0.15, -0.1) is 0 Å². The highest BCUT2D eigenvalue weighted by Crippen LogP contribution is 2.19. The number of nitrogens with zero attached hydrogens (tertiary/aromatic N) is 2. The van der Waals surface area contributed by atoms with Gasteiger partial charge in [0.05, 0.1) is 0 Å². The maximum Gasteiger partial charge on any atom is 0.248 e. The van der Waals surface area contributed by atoms with Crippen LogP contribution >= 0.6 is 11.3 Å². The van der Waals surface area contributed by atoms with Crippen molar-refractivity contribution in [1.82, 2.24) is 4.90 Å². The smallest absolute Gasteiger partial charge is 0.248 e. The Balaban J connectivity index is 1.56. The summed E-state index contributed by atoms with van der Waals surface area (Å²) in [6, 6.07) is 10.1. The van der Waals surface area contributed by atoms with Crippen molar-refractivity contribution in [2.75, 3.05) is 43.4 Å². The molecule has 1 aliphatic rings. The van der Waals surface area contributed by atoms with Crippen LogP contribution in [0.25, 0.3) is 6.08 Å². The van der Waals surface area contributed by atoms with Crippen molar-refractivity contribution in [2.45, 2.75) is 0 Å². The summed E-state index contributed by atoms with van der Waals surface area (Å²) in [5.41, 5.74) is 3.09. The average molecular weight is 327 g/mol. The molecule has 120 valence electrons. The highest BCUT2D eigenvalue weighted by molar-refractivity contribution is 7.08. The minimum absolute atomic E-state index is 0.108. The van der Waals surface area contributed by atoms with Crippen molar-refractivity contribution in [2.24, 2.45) is 0 Å². The Morgan fingerprint density at radius 2 is 1.87 bits per heavy atom. The molecule has 0 spiro atoms. The zero-order valence-electron chi connectivity index (χ0n) is 13.2. The fraction of sp³-hybridized carbons (Fsp3) is 0.278. The molecule has 1 fully saturated rings. The van der Waals surface area contributed by atoms with Crippen LogP contribution in [-0.2, 0) is 4.79 Å². The van der Waals surface area contributed by atoms with E-state index in [-0.39, 0.29) is 5.91 Å². The molecular formula is C18H21N3OS. The number of benzene rings is 1. The molecule has 1 N–H and O–H groups in total. The summed E-state index contributed by atoms with van der Waals surface area (Å²) in [6.07, 6.45) is 3.39. The Morgan fingerprint density at radius 1 is 1.13 bits per heavy atom. The molecule has 3 rings (SSSR count). The normalized spacial score (nSPS) is 16.0. The quantitative estimate of drug-likeness (QED) is 0.876. The molecule has 0 saturated carbocycles. The van der Waals surface area contributed by atoms with E-state index < -0.39 is 0 Å². The third-order valence-electron chi connectivity index (χ3n) is 3.97. The monoisotopic (exact) mass is 327 g/mol. The summed E-state index contributed by atoms with van der Waals surface area (Å²) >= 11 is 1.62. The number of piperazine rings is 1. The van der Waals surface area contributed by atoms with Gasteiger partial charge >= 0.3 is 0 Å². The third kappa shape index (κ3) is 4.43. The molecule has 0 bridgehead atoms. The van der Waals surface area contributed by atoms with E-state index in [4.69, 9.17) is 0 Å². The predicted octanol–water partition coefficient (Wildman–Crippen LogP) is 3.15. The number of likely N-dealkylation sites (N-methyl/N-ethyl adjacent to an activating group) is 1. The average Bonchev–Trinajstić information content (AvgIpc) is 3.08. The Hall–Kier alpha value is -2.11. The van der Waals surface area contributed by atoms with E-state index in [0.29, 0.717) is 0 Å². The van der Waals surface area contributed by atoms with Gasteiger partial charge in [-0.05, 0) is 59.8 Å². The van der Waals surface area contributed by atoms with E-state index in [2.05, 4.69) is 34.3 Å². The standard InChI is InChI=1S/C18H21N3OS/c1-20-9-11-21(12-10-20)17-5-3-16(4-6-17)19-18(22)7-2-15-8-13-23-14-15/h2-8,13-14H,9-12H2,1H3,(H,19,22)/b7-2+. The van der Waals surface area contributed by atoms with Crippen LogP contribution in [0.3, 0.4) is 0 Å². The fourth-order valence-electron chi connectivity index (χ4n) is 2.55. The molecule has 23 heavy (non-hydrogen) atoms. The van der Waals surface area contributed by atoms with E-state index in [1.165, 1.54) is 5.69 Å². The Bertz CT molecular complexity index is 656. The van der Waals surface area contributed by atoms with Crippen LogP contribution in [0, 0.1) is 0 Å². The molecule has 0 atom stereocenters. The molecule has 1 saturated heterocycles. The summed E-state index contributed by atoms with van der Waals surface area (Å²) in [6.45, 7) is 4.27. The van der Waals surface area contributed by atoms with E-state index in [1.807, 2.05) is 35.0 Å². The highest BCUT2D eigenvalue weighted by Gasteiger charge is 2.13. The minimum Gasteiger partial charge on any atom is -0.369 e. The molecule has 0 unspecified atom stereocenters. The number of hydrogen-bond donors (Lipinski definition) is 1. The second-order valence-electron chi connectivity index (χ2n) is 5.72. The summed E-state index contributed by atoms with van der Waals surface area (Å²) in [4.78, 5) is 16.6. The number of anilines is 2. The summed E-state index contributed by atoms with van der Waals surface area (Å²) in [7, 11) is 2.15. The van der Waals surface area contributed by atoms with E-state index in [0.717, 1.165) is 37.4 Å². The first-order chi connectivity index (χ1) is 11.2. The first-order valence-corrected chi connectivity index (χ1v) is 8.70. The van der Waals surface area contributed by atoms with E-state index >= 15 is 0 Å². The van der Waals surface area contributed by atoms with Crippen molar-refractivity contribution in [3.05, 3.63) is 52.7 Å². The summed E-state index contributed by atoms with van der Waals surface area (Å²) in [5, 5.41) is 6.90. The molecule has 1 aliphatic heterocycles. The lowest BCUT2D eigenvalue weighted by Gasteiger charge is -2.34. The lowest BCUT2D eigenvalue weighted by atomic mass is 10.2. The molecule has 1 amide bonds. The first-order valence-electron chi connectivity index (χ1n) is 7.75. The maximum atomic E-state index is 11.9. The van der Waals surface area contributed by atoms with Crippen LogP contribution in [-0.4, -0.2) is 44.0 Å². The van der Waals surface area contributed by atoms with Crippen LogP contribution < -0.4 is 10.2 Å². The first kappa shape index (κ1) is 15.8. The lowest BCUT2D eigenvalue weighted by Crippen LogP contribution is -2.44. The number of rotatable bonds is 4. The third-order valence-corrected chi connectivity index (χ3v) is 4.68. The molecule has 5 heteroatoms. The van der Waals surface area contributed by atoms with Gasteiger partial charge < -0.3 is 15.1 Å². The molecular weight excluding hydrogens is 306 g/mol. The van der Waals surface area contributed by atoms with Gasteiger partial charge in [0.25, 0.3) is 0 Å². The van der Waals surface area contributed by atoms with Crippen molar-refractivity contribution in [3.63, 3.8) is 0 Å². The molecule has 1 aromatic carbocycles. The van der Waals surface area contributed by atoms with Gasteiger partial charge in [-0.2, -0.15) is 11.3 Å². The fourth-order valence-corrected chi connectivity index (χ4v) is 3.17. The Morgan fingerprint density at radius 3 is 2.52 bits per heavy atom. The highest BCUT2D eigenvalue weighted by atomic mass is 32.1. The van der Waals surface area contributed by atoms with Crippen LogP contribution in [0.5, 0.6) is 0 Å². The van der Waals surface area contributed by atoms with Crippen LogP contribution in [0.4, 0.5) is 11.4 Å². The second kappa shape index (κ2) is 7.44. The maximum absolute atomic E-state index is 11.9. The van der Waals surface area contributed by atoms with Gasteiger partial charge in [0.2, 0.25) is 5.91 Å². The number of nitrogens with one attached hydrogen (secondary N) is 1. The number of thiophene rings is 1. The van der Waals surface area contributed by atoms with Crippen LogP contribution in [0.1, 0.15) is 5.56 Å². The van der Waals surface area contributed by atoms with Gasteiger partial charge in [0.1, 0.15) is 0 Å². The van der Waals surface area contributed by atoms with E-state index in [9.17, 15) is 4.79 Å². The van der Waals surface area contributed by atoms with Crippen molar-refractivity contribution in [3.8, 4) is 0 Å². The second-order valence-corrected chi connectivity index (χ2v) is 6.50. The van der Waals surface area contributed by atoms with Crippen LogP contribution in [0.15, 0.2) is 47.2 Å². The van der Waals surface area contributed by atoms with E-state index in [1.54, 1.807) is 17.4 Å². The number of carbonyl (C=O) groups is 1. The van der Waals surface area contributed by atoms with Crippen molar-refractivity contribution in [1.29, 1.82) is 0 Å². The van der Waals surface area contributed by atoms with Gasteiger partial charge in [-0.25, -0.2) is 0 Å². The molecule has 0 radical (unpaired) electrons. The molecule has 0 aliphatic carbocycles. The minimum atomic E-state index is -0.108.